The monoisotopic (exact) mass is 305 g/mol. The van der Waals surface area contributed by atoms with Gasteiger partial charge in [0.2, 0.25) is 10.0 Å². The van der Waals surface area contributed by atoms with E-state index in [0.29, 0.717) is 6.42 Å². The molecule has 0 aromatic carbocycles. The molecule has 0 saturated heterocycles. The number of hydrogen-bond acceptors (Lipinski definition) is 5. The minimum Gasteiger partial charge on any atom is -0.317 e. The summed E-state index contributed by atoms with van der Waals surface area (Å²) < 4.78 is 26.6. The molecule has 0 radical (unpaired) electrons. The Balaban J connectivity index is 2.55. The van der Waals surface area contributed by atoms with E-state index in [2.05, 4.69) is 15.0 Å². The lowest BCUT2D eigenvalue weighted by atomic mass is 10.2. The highest BCUT2D eigenvalue weighted by Crippen LogP contribution is 2.24. The normalized spacial score (nSPS) is 13.7. The third-order valence-corrected chi connectivity index (χ3v) is 5.50. The lowest BCUT2D eigenvalue weighted by Crippen LogP contribution is -2.30. The van der Waals surface area contributed by atoms with Gasteiger partial charge in [-0.15, -0.1) is 11.3 Å². The van der Waals surface area contributed by atoms with Crippen LogP contribution in [0.4, 0.5) is 0 Å². The van der Waals surface area contributed by atoms with Crippen molar-refractivity contribution in [1.29, 1.82) is 0 Å². The molecule has 7 heteroatoms. The summed E-state index contributed by atoms with van der Waals surface area (Å²) in [7, 11) is -3.23. The molecule has 1 aromatic heterocycles. The Bertz CT molecular complexity index is 497. The summed E-state index contributed by atoms with van der Waals surface area (Å²) in [6.45, 7) is 9.30. The van der Waals surface area contributed by atoms with Gasteiger partial charge in [0.25, 0.3) is 0 Å². The van der Waals surface area contributed by atoms with Gasteiger partial charge in [-0.1, -0.05) is 6.92 Å². The fourth-order valence-corrected chi connectivity index (χ4v) is 4.20. The fourth-order valence-electron chi connectivity index (χ4n) is 1.89. The van der Waals surface area contributed by atoms with Crippen LogP contribution in [0.1, 0.15) is 41.9 Å². The Hall–Kier alpha value is -0.500. The number of aryl methyl sites for hydroxylation is 2. The summed E-state index contributed by atoms with van der Waals surface area (Å²) in [6.07, 6.45) is 0.622. The molecule has 19 heavy (non-hydrogen) atoms. The lowest BCUT2D eigenvalue weighted by Gasteiger charge is -2.13. The van der Waals surface area contributed by atoms with Gasteiger partial charge in [-0.3, -0.25) is 0 Å². The van der Waals surface area contributed by atoms with Crippen molar-refractivity contribution in [1.82, 2.24) is 15.0 Å². The number of thiazole rings is 1. The molecule has 0 aliphatic carbocycles. The maximum atomic E-state index is 11.9. The number of rotatable bonds is 8. The molecule has 1 rings (SSSR count). The van der Waals surface area contributed by atoms with Gasteiger partial charge in [0.05, 0.1) is 22.5 Å². The average Bonchev–Trinajstić information content (AvgIpc) is 2.63. The Morgan fingerprint density at radius 1 is 1.37 bits per heavy atom. The molecule has 0 saturated carbocycles. The van der Waals surface area contributed by atoms with Crippen LogP contribution in [-0.4, -0.2) is 32.2 Å². The first-order valence-electron chi connectivity index (χ1n) is 6.50. The Labute approximate surface area is 119 Å². The second-order valence-corrected chi connectivity index (χ2v) is 7.66. The quantitative estimate of drug-likeness (QED) is 0.718. The first-order chi connectivity index (χ1) is 8.85. The van der Waals surface area contributed by atoms with Gasteiger partial charge in [0, 0.05) is 4.88 Å². The number of hydrogen-bond donors (Lipinski definition) is 2. The topological polar surface area (TPSA) is 71.1 Å². The smallest absolute Gasteiger partial charge is 0.212 e. The number of nitrogens with zero attached hydrogens (tertiary/aromatic N) is 1. The van der Waals surface area contributed by atoms with Crippen molar-refractivity contribution in [3.05, 3.63) is 15.6 Å². The van der Waals surface area contributed by atoms with Crippen molar-refractivity contribution < 1.29 is 8.42 Å². The van der Waals surface area contributed by atoms with Crippen LogP contribution < -0.4 is 10.0 Å². The summed E-state index contributed by atoms with van der Waals surface area (Å²) in [5.74, 6) is 0.154. The molecule has 0 amide bonds. The summed E-state index contributed by atoms with van der Waals surface area (Å²) in [5.41, 5.74) is 0.908. The Morgan fingerprint density at radius 2 is 2.05 bits per heavy atom. The van der Waals surface area contributed by atoms with Crippen LogP contribution in [0.2, 0.25) is 0 Å². The third kappa shape index (κ3) is 5.56. The van der Waals surface area contributed by atoms with Crippen LogP contribution in [0.5, 0.6) is 0 Å². The van der Waals surface area contributed by atoms with Gasteiger partial charge in [-0.2, -0.15) is 0 Å². The van der Waals surface area contributed by atoms with E-state index in [0.717, 1.165) is 28.7 Å². The van der Waals surface area contributed by atoms with Crippen molar-refractivity contribution in [2.45, 2.75) is 40.2 Å². The molecular weight excluding hydrogens is 282 g/mol. The van der Waals surface area contributed by atoms with Crippen LogP contribution in [0, 0.1) is 13.8 Å². The van der Waals surface area contributed by atoms with E-state index in [1.165, 1.54) is 0 Å². The highest BCUT2D eigenvalue weighted by Gasteiger charge is 2.19. The van der Waals surface area contributed by atoms with Crippen molar-refractivity contribution in [2.24, 2.45) is 0 Å². The van der Waals surface area contributed by atoms with Gasteiger partial charge >= 0.3 is 0 Å². The minimum absolute atomic E-state index is 0.154. The van der Waals surface area contributed by atoms with Crippen LogP contribution in [0.25, 0.3) is 0 Å². The fraction of sp³-hybridized carbons (Fsp3) is 0.750. The molecule has 5 nitrogen and oxygen atoms in total. The largest absolute Gasteiger partial charge is 0.317 e. The van der Waals surface area contributed by atoms with E-state index in [-0.39, 0.29) is 11.8 Å². The molecule has 0 aliphatic heterocycles. The molecule has 0 bridgehead atoms. The van der Waals surface area contributed by atoms with Crippen LogP contribution in [0.15, 0.2) is 0 Å². The SMILES string of the molecule is CCNCCCS(=O)(=O)NC(C)c1sc(C)nc1C. The summed E-state index contributed by atoms with van der Waals surface area (Å²) >= 11 is 1.54. The van der Waals surface area contributed by atoms with Gasteiger partial charge < -0.3 is 5.32 Å². The third-order valence-electron chi connectivity index (χ3n) is 2.71. The molecule has 0 fully saturated rings. The van der Waals surface area contributed by atoms with Crippen LogP contribution in [-0.2, 0) is 10.0 Å². The van der Waals surface area contributed by atoms with Gasteiger partial charge in [0.15, 0.2) is 0 Å². The van der Waals surface area contributed by atoms with E-state index in [1.54, 1.807) is 11.3 Å². The molecule has 2 N–H and O–H groups in total. The van der Waals surface area contributed by atoms with E-state index in [9.17, 15) is 8.42 Å². The van der Waals surface area contributed by atoms with Gasteiger partial charge in [-0.25, -0.2) is 18.1 Å². The molecule has 1 unspecified atom stereocenters. The number of sulfonamides is 1. The molecule has 0 spiro atoms. The van der Waals surface area contributed by atoms with Crippen molar-refractivity contribution >= 4 is 21.4 Å². The molecule has 1 aromatic rings. The van der Waals surface area contributed by atoms with Gasteiger partial charge in [-0.05, 0) is 40.3 Å². The van der Waals surface area contributed by atoms with E-state index in [1.807, 2.05) is 27.7 Å². The van der Waals surface area contributed by atoms with E-state index >= 15 is 0 Å². The zero-order valence-electron chi connectivity index (χ0n) is 12.0. The molecule has 110 valence electrons. The molecule has 0 aliphatic rings. The average molecular weight is 305 g/mol. The van der Waals surface area contributed by atoms with Gasteiger partial charge in [0.1, 0.15) is 0 Å². The van der Waals surface area contributed by atoms with E-state index in [4.69, 9.17) is 0 Å². The van der Waals surface area contributed by atoms with Crippen LogP contribution in [0.3, 0.4) is 0 Å². The first-order valence-corrected chi connectivity index (χ1v) is 8.97. The second-order valence-electron chi connectivity index (χ2n) is 4.55. The molecule has 1 heterocycles. The standard InChI is InChI=1S/C12H23N3O2S2/c1-5-13-7-6-8-19(16,17)15-10(3)12-9(2)14-11(4)18-12/h10,13,15H,5-8H2,1-4H3. The highest BCUT2D eigenvalue weighted by atomic mass is 32.2. The summed E-state index contributed by atoms with van der Waals surface area (Å²) in [6, 6.07) is -0.213. The highest BCUT2D eigenvalue weighted by molar-refractivity contribution is 7.89. The summed E-state index contributed by atoms with van der Waals surface area (Å²) in [4.78, 5) is 5.32. The number of aromatic nitrogens is 1. The van der Waals surface area contributed by atoms with Crippen molar-refractivity contribution in [3.8, 4) is 0 Å². The van der Waals surface area contributed by atoms with E-state index < -0.39 is 10.0 Å². The maximum Gasteiger partial charge on any atom is 0.212 e. The zero-order valence-corrected chi connectivity index (χ0v) is 13.6. The molecular formula is C12H23N3O2S2. The van der Waals surface area contributed by atoms with Crippen LogP contribution >= 0.6 is 11.3 Å². The zero-order chi connectivity index (χ0) is 14.5. The minimum atomic E-state index is -3.23. The second kappa shape index (κ2) is 7.33. The first kappa shape index (κ1) is 16.6. The van der Waals surface area contributed by atoms with Crippen molar-refractivity contribution in [3.63, 3.8) is 0 Å². The predicted molar refractivity (Wildman–Crippen MR) is 80.1 cm³/mol. The predicted octanol–water partition coefficient (Wildman–Crippen LogP) is 1.74. The lowest BCUT2D eigenvalue weighted by molar-refractivity contribution is 0.563. The Kier molecular flexibility index (Phi) is 6.38. The number of nitrogens with one attached hydrogen (secondary N) is 2. The van der Waals surface area contributed by atoms with Crippen molar-refractivity contribution in [2.75, 3.05) is 18.8 Å². The summed E-state index contributed by atoms with van der Waals surface area (Å²) in [5, 5.41) is 4.08. The Morgan fingerprint density at radius 3 is 2.58 bits per heavy atom. The maximum absolute atomic E-state index is 11.9. The molecule has 1 atom stereocenters.